The summed E-state index contributed by atoms with van der Waals surface area (Å²) >= 11 is 0. The molecule has 3 rings (SSSR count). The number of aromatic nitrogens is 4. The second-order valence-electron chi connectivity index (χ2n) is 5.64. The molecule has 0 aliphatic rings. The Morgan fingerprint density at radius 1 is 1.21 bits per heavy atom. The average molecular weight is 322 g/mol. The third-order valence-electron chi connectivity index (χ3n) is 3.77. The Balaban J connectivity index is 2.02. The first kappa shape index (κ1) is 15.9. The highest BCUT2D eigenvalue weighted by Gasteiger charge is 2.14. The van der Waals surface area contributed by atoms with E-state index in [2.05, 4.69) is 19.7 Å². The molecule has 3 aromatic heterocycles. The van der Waals surface area contributed by atoms with Crippen molar-refractivity contribution >= 4 is 23.2 Å². The molecular formula is C18H18N4O2. The van der Waals surface area contributed by atoms with Gasteiger partial charge in [0.05, 0.1) is 7.11 Å². The molecule has 0 saturated heterocycles. The van der Waals surface area contributed by atoms with Gasteiger partial charge < -0.3 is 9.30 Å². The third-order valence-corrected chi connectivity index (χ3v) is 3.77. The minimum absolute atomic E-state index is 0.395. The Hall–Kier alpha value is -3.02. The second-order valence-corrected chi connectivity index (χ2v) is 5.64. The van der Waals surface area contributed by atoms with Crippen molar-refractivity contribution in [2.75, 3.05) is 7.11 Å². The Labute approximate surface area is 139 Å². The van der Waals surface area contributed by atoms with E-state index in [1.165, 1.54) is 13.2 Å². The van der Waals surface area contributed by atoms with E-state index < -0.39 is 5.97 Å². The maximum Gasteiger partial charge on any atom is 0.330 e. The van der Waals surface area contributed by atoms with Crippen molar-refractivity contribution in [3.63, 3.8) is 0 Å². The number of hydrogen-bond donors (Lipinski definition) is 0. The van der Waals surface area contributed by atoms with E-state index in [0.717, 1.165) is 39.4 Å². The van der Waals surface area contributed by atoms with Crippen LogP contribution in [0.4, 0.5) is 0 Å². The molecule has 6 nitrogen and oxygen atoms in total. The van der Waals surface area contributed by atoms with Crippen LogP contribution in [0.1, 0.15) is 16.7 Å². The van der Waals surface area contributed by atoms with Gasteiger partial charge in [-0.2, -0.15) is 0 Å². The number of aryl methyl sites for hydroxylation is 3. The van der Waals surface area contributed by atoms with Crippen LogP contribution < -0.4 is 0 Å². The van der Waals surface area contributed by atoms with E-state index in [0.29, 0.717) is 0 Å². The summed E-state index contributed by atoms with van der Waals surface area (Å²) in [6.07, 6.45) is 6.59. The van der Waals surface area contributed by atoms with Gasteiger partial charge in [-0.05, 0) is 48.7 Å². The standard InChI is InChI=1S/C18H18N4O2/c1-11-7-14-17(20-9-11)22(3)18(21-14)16-12(2)8-13(10-19-16)5-6-15(23)24-4/h5-10H,1-4H3/b6-5+. The minimum atomic E-state index is -0.395. The first-order chi connectivity index (χ1) is 11.5. The molecular weight excluding hydrogens is 304 g/mol. The molecule has 0 bridgehead atoms. The zero-order valence-corrected chi connectivity index (χ0v) is 14.1. The zero-order valence-electron chi connectivity index (χ0n) is 14.1. The number of fused-ring (bicyclic) bond motifs is 1. The lowest BCUT2D eigenvalue weighted by molar-refractivity contribution is -0.134. The first-order valence-corrected chi connectivity index (χ1v) is 7.51. The third kappa shape index (κ3) is 2.90. The zero-order chi connectivity index (χ0) is 17.3. The van der Waals surface area contributed by atoms with Crippen molar-refractivity contribution in [3.05, 3.63) is 47.3 Å². The monoisotopic (exact) mass is 322 g/mol. The summed E-state index contributed by atoms with van der Waals surface area (Å²) in [5.41, 5.74) is 5.34. The number of pyridine rings is 2. The molecule has 122 valence electrons. The van der Waals surface area contributed by atoms with Gasteiger partial charge in [0.25, 0.3) is 0 Å². The van der Waals surface area contributed by atoms with E-state index in [-0.39, 0.29) is 0 Å². The lowest BCUT2D eigenvalue weighted by atomic mass is 10.1. The van der Waals surface area contributed by atoms with Crippen LogP contribution in [0.2, 0.25) is 0 Å². The predicted octanol–water partition coefficient (Wildman–Crippen LogP) is 2.83. The highest BCUT2D eigenvalue weighted by atomic mass is 16.5. The van der Waals surface area contributed by atoms with Crippen molar-refractivity contribution in [1.82, 2.24) is 19.5 Å². The highest BCUT2D eigenvalue weighted by molar-refractivity contribution is 5.87. The van der Waals surface area contributed by atoms with Gasteiger partial charge in [-0.1, -0.05) is 0 Å². The molecule has 0 amide bonds. The Morgan fingerprint density at radius 2 is 2.00 bits per heavy atom. The van der Waals surface area contributed by atoms with Gasteiger partial charge in [-0.25, -0.2) is 14.8 Å². The number of carbonyl (C=O) groups excluding carboxylic acids is 1. The fourth-order valence-corrected chi connectivity index (χ4v) is 2.54. The van der Waals surface area contributed by atoms with Crippen molar-refractivity contribution in [3.8, 4) is 11.5 Å². The molecule has 0 fully saturated rings. The van der Waals surface area contributed by atoms with Crippen LogP contribution in [0.3, 0.4) is 0 Å². The second kappa shape index (κ2) is 6.23. The fraction of sp³-hybridized carbons (Fsp3) is 0.222. The summed E-state index contributed by atoms with van der Waals surface area (Å²) in [7, 11) is 3.28. The fourth-order valence-electron chi connectivity index (χ4n) is 2.54. The van der Waals surface area contributed by atoms with Gasteiger partial charge in [-0.3, -0.25) is 4.98 Å². The number of nitrogens with zero attached hydrogens (tertiary/aromatic N) is 4. The number of rotatable bonds is 3. The molecule has 0 saturated carbocycles. The summed E-state index contributed by atoms with van der Waals surface area (Å²) in [6.45, 7) is 3.96. The van der Waals surface area contributed by atoms with Crippen LogP contribution in [0.5, 0.6) is 0 Å². The van der Waals surface area contributed by atoms with Crippen LogP contribution >= 0.6 is 0 Å². The van der Waals surface area contributed by atoms with E-state index in [4.69, 9.17) is 0 Å². The normalized spacial score (nSPS) is 11.3. The highest BCUT2D eigenvalue weighted by Crippen LogP contribution is 2.24. The van der Waals surface area contributed by atoms with E-state index >= 15 is 0 Å². The summed E-state index contributed by atoms with van der Waals surface area (Å²) < 4.78 is 6.53. The molecule has 3 aromatic rings. The van der Waals surface area contributed by atoms with Crippen LogP contribution in [0.15, 0.2) is 30.6 Å². The molecule has 24 heavy (non-hydrogen) atoms. The maximum absolute atomic E-state index is 11.2. The molecule has 0 radical (unpaired) electrons. The average Bonchev–Trinajstić information content (AvgIpc) is 2.88. The van der Waals surface area contributed by atoms with E-state index in [1.54, 1.807) is 12.3 Å². The summed E-state index contributed by atoms with van der Waals surface area (Å²) in [6, 6.07) is 3.97. The van der Waals surface area contributed by atoms with Gasteiger partial charge in [0.2, 0.25) is 0 Å². The number of carbonyl (C=O) groups is 1. The summed E-state index contributed by atoms with van der Waals surface area (Å²) in [5, 5.41) is 0. The minimum Gasteiger partial charge on any atom is -0.466 e. The molecule has 3 heterocycles. The molecule has 0 aliphatic carbocycles. The Bertz CT molecular complexity index is 957. The molecule has 0 aliphatic heterocycles. The van der Waals surface area contributed by atoms with Crippen molar-refractivity contribution in [2.45, 2.75) is 13.8 Å². The van der Waals surface area contributed by atoms with Crippen molar-refractivity contribution < 1.29 is 9.53 Å². The molecule has 0 atom stereocenters. The lowest BCUT2D eigenvalue weighted by Crippen LogP contribution is -1.98. The number of ether oxygens (including phenoxy) is 1. The smallest absolute Gasteiger partial charge is 0.330 e. The predicted molar refractivity (Wildman–Crippen MR) is 92.3 cm³/mol. The van der Waals surface area contributed by atoms with Crippen LogP contribution in [-0.4, -0.2) is 32.6 Å². The van der Waals surface area contributed by atoms with Crippen molar-refractivity contribution in [2.24, 2.45) is 7.05 Å². The first-order valence-electron chi connectivity index (χ1n) is 7.51. The van der Waals surface area contributed by atoms with E-state index in [9.17, 15) is 4.79 Å². The van der Waals surface area contributed by atoms with Gasteiger partial charge in [0, 0.05) is 25.5 Å². The van der Waals surface area contributed by atoms with Gasteiger partial charge in [-0.15, -0.1) is 0 Å². The molecule has 0 spiro atoms. The molecule has 0 N–H and O–H groups in total. The van der Waals surface area contributed by atoms with Crippen LogP contribution in [-0.2, 0) is 16.6 Å². The molecule has 0 unspecified atom stereocenters. The summed E-state index contributed by atoms with van der Waals surface area (Å²) in [5.74, 6) is 0.373. The van der Waals surface area contributed by atoms with Gasteiger partial charge >= 0.3 is 5.97 Å². The Morgan fingerprint density at radius 3 is 2.71 bits per heavy atom. The number of esters is 1. The quantitative estimate of drug-likeness (QED) is 0.548. The largest absolute Gasteiger partial charge is 0.466 e. The molecule has 0 aromatic carbocycles. The van der Waals surface area contributed by atoms with Crippen molar-refractivity contribution in [1.29, 1.82) is 0 Å². The van der Waals surface area contributed by atoms with Crippen LogP contribution in [0, 0.1) is 13.8 Å². The lowest BCUT2D eigenvalue weighted by Gasteiger charge is -2.06. The van der Waals surface area contributed by atoms with Gasteiger partial charge in [0.15, 0.2) is 11.5 Å². The number of hydrogen-bond acceptors (Lipinski definition) is 5. The topological polar surface area (TPSA) is 69.9 Å². The molecule has 6 heteroatoms. The van der Waals surface area contributed by atoms with Crippen LogP contribution in [0.25, 0.3) is 28.8 Å². The number of methoxy groups -OCH3 is 1. The number of imidazole rings is 1. The Kier molecular flexibility index (Phi) is 4.12. The summed E-state index contributed by atoms with van der Waals surface area (Å²) in [4.78, 5) is 24.8. The maximum atomic E-state index is 11.2. The SMILES string of the molecule is COC(=O)/C=C/c1cnc(-c2nc3cc(C)cnc3n2C)c(C)c1. The van der Waals surface area contributed by atoms with E-state index in [1.807, 2.05) is 43.8 Å². The van der Waals surface area contributed by atoms with Gasteiger partial charge in [0.1, 0.15) is 11.2 Å².